The van der Waals surface area contributed by atoms with Gasteiger partial charge in [0.05, 0.1) is 22.1 Å². The molecule has 0 saturated carbocycles. The van der Waals surface area contributed by atoms with Crippen LogP contribution in [0, 0.1) is 5.82 Å². The molecule has 3 nitrogen and oxygen atoms in total. The molecule has 0 aliphatic carbocycles. The highest BCUT2D eigenvalue weighted by atomic mass is 35.5. The van der Waals surface area contributed by atoms with Crippen LogP contribution in [0.1, 0.15) is 18.8 Å². The first-order valence-electron chi connectivity index (χ1n) is 4.18. The van der Waals surface area contributed by atoms with Crippen LogP contribution in [-0.4, -0.2) is 9.97 Å². The first-order valence-corrected chi connectivity index (χ1v) is 4.56. The molecule has 0 saturated heterocycles. The van der Waals surface area contributed by atoms with Crippen LogP contribution in [-0.2, 0) is 0 Å². The van der Waals surface area contributed by atoms with Crippen LogP contribution >= 0.6 is 24.0 Å². The third-order valence-corrected chi connectivity index (χ3v) is 2.26. The Hall–Kier alpha value is -0.840. The van der Waals surface area contributed by atoms with Crippen molar-refractivity contribution in [2.75, 3.05) is 0 Å². The highest BCUT2D eigenvalue weighted by Crippen LogP contribution is 2.22. The van der Waals surface area contributed by atoms with Gasteiger partial charge in [-0.1, -0.05) is 11.6 Å². The molecule has 0 radical (unpaired) electrons. The Bertz CT molecular complexity index is 442. The molecule has 0 aliphatic rings. The lowest BCUT2D eigenvalue weighted by molar-refractivity contribution is 0.630. The number of halogens is 3. The predicted octanol–water partition coefficient (Wildman–Crippen LogP) is 2.80. The van der Waals surface area contributed by atoms with Crippen LogP contribution < -0.4 is 5.73 Å². The minimum atomic E-state index is -0.459. The third kappa shape index (κ3) is 2.22. The van der Waals surface area contributed by atoms with Gasteiger partial charge in [-0.05, 0) is 13.0 Å². The standard InChI is InChI=1S/C9H9ClFN3.ClH/c1-4(12)9-13-7-2-5(10)6(11)3-8(7)14-9;/h2-4H,12H2,1H3,(H,13,14);1H/t4-;/m0./s1. The van der Waals surface area contributed by atoms with Crippen molar-refractivity contribution in [2.24, 2.45) is 5.73 Å². The number of imidazole rings is 1. The van der Waals surface area contributed by atoms with Crippen molar-refractivity contribution < 1.29 is 4.39 Å². The Morgan fingerprint density at radius 2 is 2.20 bits per heavy atom. The predicted molar refractivity (Wildman–Crippen MR) is 60.9 cm³/mol. The lowest BCUT2D eigenvalue weighted by atomic mass is 10.3. The molecule has 1 aromatic carbocycles. The Morgan fingerprint density at radius 3 is 2.80 bits per heavy atom. The van der Waals surface area contributed by atoms with Crippen molar-refractivity contribution in [1.82, 2.24) is 9.97 Å². The average molecular weight is 250 g/mol. The van der Waals surface area contributed by atoms with Gasteiger partial charge < -0.3 is 10.7 Å². The molecule has 1 atom stereocenters. The van der Waals surface area contributed by atoms with Gasteiger partial charge in [-0.15, -0.1) is 12.4 Å². The fourth-order valence-corrected chi connectivity index (χ4v) is 1.40. The summed E-state index contributed by atoms with van der Waals surface area (Å²) in [6, 6.07) is 2.59. The molecule has 3 N–H and O–H groups in total. The van der Waals surface area contributed by atoms with Gasteiger partial charge in [0.2, 0.25) is 0 Å². The zero-order valence-corrected chi connectivity index (χ0v) is 9.49. The molecule has 0 spiro atoms. The molecular weight excluding hydrogens is 240 g/mol. The summed E-state index contributed by atoms with van der Waals surface area (Å²) in [5, 5.41) is 0.0697. The van der Waals surface area contributed by atoms with Gasteiger partial charge in [-0.25, -0.2) is 9.37 Å². The number of hydrogen-bond donors (Lipinski definition) is 2. The second kappa shape index (κ2) is 4.35. The Balaban J connectivity index is 0.00000112. The number of H-pyrrole nitrogens is 1. The summed E-state index contributed by atoms with van der Waals surface area (Å²) in [6.45, 7) is 1.80. The van der Waals surface area contributed by atoms with Crippen molar-refractivity contribution in [2.45, 2.75) is 13.0 Å². The molecule has 0 amide bonds. The van der Waals surface area contributed by atoms with Crippen LogP contribution in [0.25, 0.3) is 11.0 Å². The molecule has 6 heteroatoms. The zero-order valence-electron chi connectivity index (χ0n) is 7.92. The minimum Gasteiger partial charge on any atom is -0.341 e. The fourth-order valence-electron chi connectivity index (χ4n) is 1.24. The van der Waals surface area contributed by atoms with Gasteiger partial charge in [-0.2, -0.15) is 0 Å². The van der Waals surface area contributed by atoms with Gasteiger partial charge in [0.25, 0.3) is 0 Å². The summed E-state index contributed by atoms with van der Waals surface area (Å²) >= 11 is 5.62. The molecule has 2 aromatic rings. The number of fused-ring (bicyclic) bond motifs is 1. The van der Waals surface area contributed by atoms with E-state index in [2.05, 4.69) is 9.97 Å². The van der Waals surface area contributed by atoms with Gasteiger partial charge in [0, 0.05) is 6.07 Å². The van der Waals surface area contributed by atoms with E-state index in [1.54, 1.807) is 6.92 Å². The first kappa shape index (κ1) is 12.2. The first-order chi connectivity index (χ1) is 6.58. The molecule has 0 unspecified atom stereocenters. The van der Waals surface area contributed by atoms with E-state index in [-0.39, 0.29) is 23.5 Å². The second-order valence-corrected chi connectivity index (χ2v) is 3.60. The molecule has 82 valence electrons. The number of aromatic nitrogens is 2. The summed E-state index contributed by atoms with van der Waals surface area (Å²) in [4.78, 5) is 7.11. The Kier molecular flexibility index (Phi) is 3.54. The maximum Gasteiger partial charge on any atom is 0.144 e. The van der Waals surface area contributed by atoms with Crippen molar-refractivity contribution in [3.05, 3.63) is 28.8 Å². The van der Waals surface area contributed by atoms with E-state index in [1.807, 2.05) is 0 Å². The molecule has 0 bridgehead atoms. The summed E-state index contributed by atoms with van der Waals surface area (Å²) in [5.74, 6) is 0.167. The highest BCUT2D eigenvalue weighted by Gasteiger charge is 2.09. The summed E-state index contributed by atoms with van der Waals surface area (Å²) in [5.41, 5.74) is 6.87. The molecule has 0 aliphatic heterocycles. The monoisotopic (exact) mass is 249 g/mol. The zero-order chi connectivity index (χ0) is 10.3. The maximum atomic E-state index is 13.0. The van der Waals surface area contributed by atoms with Crippen LogP contribution in [0.2, 0.25) is 5.02 Å². The maximum absolute atomic E-state index is 13.0. The number of benzene rings is 1. The molecule has 0 fully saturated rings. The van der Waals surface area contributed by atoms with Crippen molar-refractivity contribution in [3.8, 4) is 0 Å². The van der Waals surface area contributed by atoms with Crippen LogP contribution in [0.15, 0.2) is 12.1 Å². The number of nitrogens with one attached hydrogen (secondary N) is 1. The lowest BCUT2D eigenvalue weighted by Gasteiger charge is -1.96. The molecule has 1 heterocycles. The molecule has 1 aromatic heterocycles. The number of aromatic amines is 1. The van der Waals surface area contributed by atoms with E-state index in [0.29, 0.717) is 16.9 Å². The normalized spacial score (nSPS) is 12.5. The van der Waals surface area contributed by atoms with Crippen LogP contribution in [0.5, 0.6) is 0 Å². The van der Waals surface area contributed by atoms with Crippen LogP contribution in [0.3, 0.4) is 0 Å². The minimum absolute atomic E-state index is 0. The van der Waals surface area contributed by atoms with E-state index in [1.165, 1.54) is 12.1 Å². The van der Waals surface area contributed by atoms with Gasteiger partial charge >= 0.3 is 0 Å². The van der Waals surface area contributed by atoms with Crippen molar-refractivity contribution >= 4 is 35.0 Å². The quantitative estimate of drug-likeness (QED) is 0.817. The van der Waals surface area contributed by atoms with Crippen molar-refractivity contribution in [1.29, 1.82) is 0 Å². The Morgan fingerprint density at radius 1 is 1.53 bits per heavy atom. The number of nitrogens with two attached hydrogens (primary N) is 1. The third-order valence-electron chi connectivity index (χ3n) is 1.97. The topological polar surface area (TPSA) is 54.7 Å². The summed E-state index contributed by atoms with van der Waals surface area (Å²) < 4.78 is 13.0. The second-order valence-electron chi connectivity index (χ2n) is 3.19. The van der Waals surface area contributed by atoms with Gasteiger partial charge in [0.15, 0.2) is 0 Å². The van der Waals surface area contributed by atoms with Gasteiger partial charge in [-0.3, -0.25) is 0 Å². The summed E-state index contributed by atoms with van der Waals surface area (Å²) in [6.07, 6.45) is 0. The van der Waals surface area contributed by atoms with E-state index >= 15 is 0 Å². The number of hydrogen-bond acceptors (Lipinski definition) is 2. The van der Waals surface area contributed by atoms with E-state index in [9.17, 15) is 4.39 Å². The smallest absolute Gasteiger partial charge is 0.144 e. The Labute approximate surface area is 97.2 Å². The molecule has 15 heavy (non-hydrogen) atoms. The largest absolute Gasteiger partial charge is 0.341 e. The van der Waals surface area contributed by atoms with E-state index < -0.39 is 5.82 Å². The highest BCUT2D eigenvalue weighted by molar-refractivity contribution is 6.31. The van der Waals surface area contributed by atoms with Crippen LogP contribution in [0.4, 0.5) is 4.39 Å². The van der Waals surface area contributed by atoms with Crippen molar-refractivity contribution in [3.63, 3.8) is 0 Å². The van der Waals surface area contributed by atoms with E-state index in [4.69, 9.17) is 17.3 Å². The van der Waals surface area contributed by atoms with Gasteiger partial charge in [0.1, 0.15) is 11.6 Å². The number of nitrogens with zero attached hydrogens (tertiary/aromatic N) is 1. The lowest BCUT2D eigenvalue weighted by Crippen LogP contribution is -2.06. The van der Waals surface area contributed by atoms with E-state index in [0.717, 1.165) is 0 Å². The number of rotatable bonds is 1. The molecular formula is C9H10Cl2FN3. The summed E-state index contributed by atoms with van der Waals surface area (Å²) in [7, 11) is 0. The average Bonchev–Trinajstić information content (AvgIpc) is 2.48. The molecule has 2 rings (SSSR count). The SMILES string of the molecule is C[C@H](N)c1nc2cc(Cl)c(F)cc2[nH]1.Cl. The fraction of sp³-hybridized carbons (Fsp3) is 0.222.